The molecule has 1 heterocycles. The Hall–Kier alpha value is -1.21. The second-order valence-corrected chi connectivity index (χ2v) is 12.5. The minimum Gasteiger partial charge on any atom is -0.457 e. The third-order valence-electron chi connectivity index (χ3n) is 10.8. The van der Waals surface area contributed by atoms with Gasteiger partial charge in [-0.2, -0.15) is 0 Å². The van der Waals surface area contributed by atoms with E-state index in [1.165, 1.54) is 38.2 Å². The number of hydrogen-bond donors (Lipinski definition) is 2. The number of esters is 1. The molecule has 2 N–H and O–H groups in total. The third-order valence-corrected chi connectivity index (χ3v) is 10.8. The molecule has 0 bridgehead atoms. The van der Waals surface area contributed by atoms with E-state index in [0.29, 0.717) is 11.3 Å². The molecule has 0 aromatic carbocycles. The van der Waals surface area contributed by atoms with Crippen LogP contribution in [0.15, 0.2) is 24.3 Å². The predicted octanol–water partition coefficient (Wildman–Crippen LogP) is 4.53. The lowest BCUT2D eigenvalue weighted by atomic mass is 9.47. The van der Waals surface area contributed by atoms with Crippen LogP contribution in [0.3, 0.4) is 0 Å². The Morgan fingerprint density at radius 2 is 1.91 bits per heavy atom. The van der Waals surface area contributed by atoms with Crippen molar-refractivity contribution in [1.29, 1.82) is 0 Å². The molecule has 1 saturated heterocycles. The third kappa shape index (κ3) is 4.13. The number of fused-ring (bicyclic) bond motifs is 5. The maximum atomic E-state index is 11.5. The molecule has 4 fully saturated rings. The Bertz CT molecular complexity index is 869. The fraction of sp³-hybridized carbons (Fsp3) is 0.828. The smallest absolute Gasteiger partial charge is 0.303 e. The van der Waals surface area contributed by atoms with Crippen LogP contribution in [0.2, 0.25) is 0 Å². The van der Waals surface area contributed by atoms with E-state index in [1.54, 1.807) is 6.92 Å². The van der Waals surface area contributed by atoms with Crippen LogP contribution < -0.4 is 0 Å². The van der Waals surface area contributed by atoms with Crippen molar-refractivity contribution in [3.05, 3.63) is 24.3 Å². The Balaban J connectivity index is 1.28. The summed E-state index contributed by atoms with van der Waals surface area (Å²) in [5, 5.41) is 21.1. The van der Waals surface area contributed by atoms with Gasteiger partial charge in [0.1, 0.15) is 12.2 Å². The summed E-state index contributed by atoms with van der Waals surface area (Å²) in [7, 11) is 0. The zero-order valence-electron chi connectivity index (χ0n) is 21.8. The van der Waals surface area contributed by atoms with E-state index in [1.807, 2.05) is 0 Å². The summed E-state index contributed by atoms with van der Waals surface area (Å²) in [4.78, 5) is 11.5. The van der Waals surface area contributed by atoms with Gasteiger partial charge in [-0.3, -0.25) is 4.79 Å². The van der Waals surface area contributed by atoms with Gasteiger partial charge in [-0.25, -0.2) is 0 Å². The highest BCUT2D eigenvalue weighted by Crippen LogP contribution is 2.66. The van der Waals surface area contributed by atoms with Gasteiger partial charge in [0.25, 0.3) is 0 Å². The van der Waals surface area contributed by atoms with Crippen molar-refractivity contribution in [2.75, 3.05) is 0 Å². The maximum absolute atomic E-state index is 11.5. The Labute approximate surface area is 210 Å². The molecule has 6 nitrogen and oxygen atoms in total. The van der Waals surface area contributed by atoms with Gasteiger partial charge in [-0.05, 0) is 92.8 Å². The van der Waals surface area contributed by atoms with Crippen molar-refractivity contribution in [2.24, 2.45) is 34.5 Å². The summed E-state index contributed by atoms with van der Waals surface area (Å²) in [5.74, 6) is 2.41. The molecule has 12 unspecified atom stereocenters. The molecular weight excluding hydrogens is 444 g/mol. The van der Waals surface area contributed by atoms with Crippen LogP contribution in [0.4, 0.5) is 0 Å². The van der Waals surface area contributed by atoms with Crippen LogP contribution in [0.5, 0.6) is 0 Å². The van der Waals surface area contributed by atoms with Gasteiger partial charge < -0.3 is 24.4 Å². The lowest BCUT2D eigenvalue weighted by Gasteiger charge is -2.58. The molecule has 0 spiro atoms. The molecule has 5 rings (SSSR count). The predicted molar refractivity (Wildman–Crippen MR) is 132 cm³/mol. The van der Waals surface area contributed by atoms with Gasteiger partial charge in [-0.15, -0.1) is 6.58 Å². The Morgan fingerprint density at radius 3 is 2.63 bits per heavy atom. The van der Waals surface area contributed by atoms with Crippen LogP contribution in [0.1, 0.15) is 79.1 Å². The molecule has 4 aliphatic carbocycles. The van der Waals surface area contributed by atoms with Gasteiger partial charge in [0.15, 0.2) is 12.4 Å². The van der Waals surface area contributed by atoms with Crippen LogP contribution in [-0.2, 0) is 19.0 Å². The molecule has 0 amide bonds. The molecule has 0 aromatic rings. The zero-order chi connectivity index (χ0) is 25.1. The average molecular weight is 489 g/mol. The van der Waals surface area contributed by atoms with Crippen molar-refractivity contribution >= 4 is 5.97 Å². The fourth-order valence-corrected chi connectivity index (χ4v) is 8.80. The van der Waals surface area contributed by atoms with Gasteiger partial charge >= 0.3 is 5.97 Å². The zero-order valence-corrected chi connectivity index (χ0v) is 21.8. The highest BCUT2D eigenvalue weighted by molar-refractivity contribution is 5.66. The largest absolute Gasteiger partial charge is 0.457 e. The second kappa shape index (κ2) is 9.27. The first-order valence-corrected chi connectivity index (χ1v) is 13.7. The minimum atomic E-state index is -1.22. The fourth-order valence-electron chi connectivity index (χ4n) is 8.80. The van der Waals surface area contributed by atoms with Gasteiger partial charge in [0, 0.05) is 6.92 Å². The normalized spacial score (nSPS) is 51.4. The Kier molecular flexibility index (Phi) is 6.74. The monoisotopic (exact) mass is 488 g/mol. The molecule has 5 aliphatic rings. The summed E-state index contributed by atoms with van der Waals surface area (Å²) >= 11 is 0. The van der Waals surface area contributed by atoms with Gasteiger partial charge in [-0.1, -0.05) is 31.6 Å². The molecule has 0 radical (unpaired) electrons. The van der Waals surface area contributed by atoms with E-state index in [0.717, 1.165) is 43.4 Å². The first-order chi connectivity index (χ1) is 16.6. The van der Waals surface area contributed by atoms with Gasteiger partial charge in [0.05, 0.1) is 12.2 Å². The van der Waals surface area contributed by atoms with Crippen molar-refractivity contribution in [3.8, 4) is 0 Å². The van der Waals surface area contributed by atoms with Crippen molar-refractivity contribution < 1.29 is 29.2 Å². The first-order valence-electron chi connectivity index (χ1n) is 13.7. The number of carbonyl (C=O) groups is 1. The number of allylic oxidation sites excluding steroid dienone is 2. The molecule has 0 aromatic heterocycles. The standard InChI is InChI=1S/C29H44O6/c1-6-18-8-10-22-21-9-7-19-15-20(11-13-29(19,5)23(21)12-14-28(18,22)4)35-27-25(32)26(34-17(3)30)24(31)16(2)33-27/h6-7,16,18,20-27,31-32H,1,8-15H2,2-5H3. The average Bonchev–Trinajstić information content (AvgIpc) is 3.16. The number of rotatable bonds is 4. The number of ether oxygens (including phenoxy) is 3. The van der Waals surface area contributed by atoms with Crippen LogP contribution in [0.25, 0.3) is 0 Å². The lowest BCUT2D eigenvalue weighted by molar-refractivity contribution is -0.307. The van der Waals surface area contributed by atoms with Crippen molar-refractivity contribution in [2.45, 2.75) is 116 Å². The van der Waals surface area contributed by atoms with E-state index >= 15 is 0 Å². The molecule has 6 heteroatoms. The number of aliphatic hydroxyl groups is 2. The lowest BCUT2D eigenvalue weighted by Crippen LogP contribution is -2.59. The SMILES string of the molecule is C=CC1CCC2C3CC=C4CC(OC5OC(C)C(O)C(OC(C)=O)C5O)CCC4(C)C3CCC12C. The van der Waals surface area contributed by atoms with Crippen LogP contribution in [-0.4, -0.2) is 53.0 Å². The first kappa shape index (κ1) is 25.4. The minimum absolute atomic E-state index is 0.0589. The molecule has 35 heavy (non-hydrogen) atoms. The summed E-state index contributed by atoms with van der Waals surface area (Å²) in [5.41, 5.74) is 2.14. The molecule has 12 atom stereocenters. The quantitative estimate of drug-likeness (QED) is 0.447. The highest BCUT2D eigenvalue weighted by Gasteiger charge is 2.58. The summed E-state index contributed by atoms with van der Waals surface area (Å²) < 4.78 is 17.3. The topological polar surface area (TPSA) is 85.2 Å². The molecule has 3 saturated carbocycles. The van der Waals surface area contributed by atoms with Crippen molar-refractivity contribution in [1.82, 2.24) is 0 Å². The Morgan fingerprint density at radius 1 is 1.14 bits per heavy atom. The van der Waals surface area contributed by atoms with E-state index in [9.17, 15) is 15.0 Å². The number of carbonyl (C=O) groups excluding carboxylic acids is 1. The number of hydrogen-bond acceptors (Lipinski definition) is 6. The van der Waals surface area contributed by atoms with E-state index < -0.39 is 36.7 Å². The summed E-state index contributed by atoms with van der Waals surface area (Å²) in [6.45, 7) is 12.1. The van der Waals surface area contributed by atoms with E-state index in [4.69, 9.17) is 14.2 Å². The summed E-state index contributed by atoms with van der Waals surface area (Å²) in [6, 6.07) is 0. The van der Waals surface area contributed by atoms with Crippen LogP contribution >= 0.6 is 0 Å². The summed E-state index contributed by atoms with van der Waals surface area (Å²) in [6.07, 6.45) is 9.02. The second-order valence-electron chi connectivity index (χ2n) is 12.5. The number of aliphatic hydroxyl groups excluding tert-OH is 2. The van der Waals surface area contributed by atoms with Gasteiger partial charge in [0.2, 0.25) is 0 Å². The molecular formula is C29H44O6. The van der Waals surface area contributed by atoms with Crippen LogP contribution in [0, 0.1) is 34.5 Å². The maximum Gasteiger partial charge on any atom is 0.303 e. The van der Waals surface area contributed by atoms with Crippen molar-refractivity contribution in [3.63, 3.8) is 0 Å². The highest BCUT2D eigenvalue weighted by atomic mass is 16.7. The molecule has 1 aliphatic heterocycles. The van der Waals surface area contributed by atoms with E-state index in [-0.39, 0.29) is 11.5 Å². The van der Waals surface area contributed by atoms with E-state index in [2.05, 4.69) is 32.6 Å². The molecule has 196 valence electrons.